The maximum Gasteiger partial charge on any atom is 0.249 e. The molecular weight excluding hydrogens is 352 g/mol. The van der Waals surface area contributed by atoms with Crippen LogP contribution >= 0.6 is 15.9 Å². The zero-order valence-electron chi connectivity index (χ0n) is 11.8. The maximum absolute atomic E-state index is 12.1. The van der Waals surface area contributed by atoms with E-state index < -0.39 is 23.8 Å². The molecule has 1 aromatic heterocycles. The van der Waals surface area contributed by atoms with Crippen LogP contribution in [-0.2, 0) is 20.9 Å². The molecule has 1 heterocycles. The fourth-order valence-corrected chi connectivity index (χ4v) is 2.77. The Morgan fingerprint density at radius 1 is 1.23 bits per heavy atom. The molecule has 0 bridgehead atoms. The number of nitrogens with two attached hydrogens (primary N) is 2. The Kier molecular flexibility index (Phi) is 4.51. The number of hydrogen-bond donors (Lipinski definition) is 3. The van der Waals surface area contributed by atoms with E-state index in [1.54, 1.807) is 4.57 Å². The third-order valence-corrected chi connectivity index (χ3v) is 4.33. The van der Waals surface area contributed by atoms with Crippen molar-refractivity contribution >= 4 is 44.6 Å². The lowest BCUT2D eigenvalue weighted by atomic mass is 10.2. The molecule has 0 saturated heterocycles. The second kappa shape index (κ2) is 6.18. The summed E-state index contributed by atoms with van der Waals surface area (Å²) in [6.45, 7) is 1.80. The topological polar surface area (TPSA) is 120 Å². The number of benzene rings is 1. The Morgan fingerprint density at radius 2 is 1.82 bits per heavy atom. The van der Waals surface area contributed by atoms with Gasteiger partial charge in [0, 0.05) is 21.1 Å². The third-order valence-electron chi connectivity index (χ3n) is 3.33. The van der Waals surface area contributed by atoms with Gasteiger partial charge >= 0.3 is 0 Å². The molecule has 116 valence electrons. The number of hydrogen-bond acceptors (Lipinski definition) is 3. The lowest BCUT2D eigenvalue weighted by Crippen LogP contribution is -2.53. The van der Waals surface area contributed by atoms with E-state index >= 15 is 0 Å². The van der Waals surface area contributed by atoms with Crippen molar-refractivity contribution in [1.29, 1.82) is 0 Å². The number of rotatable bonds is 5. The highest BCUT2D eigenvalue weighted by Gasteiger charge is 2.24. The summed E-state index contributed by atoms with van der Waals surface area (Å²) in [5.41, 5.74) is 11.8. The Bertz CT molecular complexity index is 755. The number of carbonyl (C=O) groups excluding carboxylic acids is 3. The number of halogens is 1. The summed E-state index contributed by atoms with van der Waals surface area (Å²) in [6.07, 6.45) is 0. The Hall–Kier alpha value is -2.35. The van der Waals surface area contributed by atoms with Crippen LogP contribution in [0.25, 0.3) is 10.9 Å². The van der Waals surface area contributed by atoms with Gasteiger partial charge in [-0.15, -0.1) is 0 Å². The van der Waals surface area contributed by atoms with Gasteiger partial charge in [-0.25, -0.2) is 0 Å². The molecule has 1 aromatic carbocycles. The number of primary amides is 2. The van der Waals surface area contributed by atoms with Crippen molar-refractivity contribution in [1.82, 2.24) is 9.88 Å². The normalized spacial score (nSPS) is 10.9. The predicted molar refractivity (Wildman–Crippen MR) is 84.7 cm³/mol. The van der Waals surface area contributed by atoms with Gasteiger partial charge in [0.15, 0.2) is 6.04 Å². The van der Waals surface area contributed by atoms with E-state index in [2.05, 4.69) is 21.2 Å². The first kappa shape index (κ1) is 16.0. The van der Waals surface area contributed by atoms with Crippen LogP contribution < -0.4 is 16.8 Å². The Balaban J connectivity index is 2.28. The van der Waals surface area contributed by atoms with Crippen LogP contribution in [0.1, 0.15) is 5.69 Å². The summed E-state index contributed by atoms with van der Waals surface area (Å²) in [5, 5.41) is 3.21. The quantitative estimate of drug-likeness (QED) is 0.653. The van der Waals surface area contributed by atoms with Crippen LogP contribution in [0.15, 0.2) is 28.7 Å². The molecular formula is C14H15BrN4O3. The monoisotopic (exact) mass is 366 g/mol. The van der Waals surface area contributed by atoms with E-state index in [4.69, 9.17) is 11.5 Å². The standard InChI is InChI=1S/C14H15BrN4O3/c1-7-11(15)8-4-2-3-5-9(8)19(7)6-10(20)18-12(13(16)21)14(17)22/h2-5,12H,6H2,1H3,(H2,16,21)(H2,17,22)(H,18,20). The van der Waals surface area contributed by atoms with E-state index in [0.29, 0.717) is 0 Å². The molecule has 3 amide bonds. The van der Waals surface area contributed by atoms with Crippen molar-refractivity contribution in [2.45, 2.75) is 19.5 Å². The molecule has 0 saturated carbocycles. The van der Waals surface area contributed by atoms with E-state index in [1.807, 2.05) is 31.2 Å². The number of para-hydroxylation sites is 1. The summed E-state index contributed by atoms with van der Waals surface area (Å²) < 4.78 is 2.66. The first-order chi connectivity index (χ1) is 10.3. The molecule has 2 rings (SSSR count). The van der Waals surface area contributed by atoms with Gasteiger partial charge in [-0.05, 0) is 28.9 Å². The molecule has 0 aliphatic rings. The van der Waals surface area contributed by atoms with E-state index in [0.717, 1.165) is 21.1 Å². The van der Waals surface area contributed by atoms with Crippen LogP contribution in [0.5, 0.6) is 0 Å². The van der Waals surface area contributed by atoms with Gasteiger partial charge in [-0.3, -0.25) is 14.4 Å². The van der Waals surface area contributed by atoms with Gasteiger partial charge in [-0.2, -0.15) is 0 Å². The Labute approximate surface area is 134 Å². The zero-order chi connectivity index (χ0) is 16.4. The average Bonchev–Trinajstić information content (AvgIpc) is 2.70. The van der Waals surface area contributed by atoms with Crippen LogP contribution in [0.4, 0.5) is 0 Å². The number of carbonyl (C=O) groups is 3. The minimum Gasteiger partial charge on any atom is -0.367 e. The largest absolute Gasteiger partial charge is 0.367 e. The lowest BCUT2D eigenvalue weighted by molar-refractivity contribution is -0.134. The van der Waals surface area contributed by atoms with Gasteiger partial charge in [0.25, 0.3) is 0 Å². The maximum atomic E-state index is 12.1. The van der Waals surface area contributed by atoms with Crippen molar-refractivity contribution in [2.24, 2.45) is 11.5 Å². The van der Waals surface area contributed by atoms with Crippen LogP contribution in [0.2, 0.25) is 0 Å². The third kappa shape index (κ3) is 2.96. The van der Waals surface area contributed by atoms with Crippen LogP contribution in [-0.4, -0.2) is 28.3 Å². The van der Waals surface area contributed by atoms with E-state index in [9.17, 15) is 14.4 Å². The molecule has 0 unspecified atom stereocenters. The van der Waals surface area contributed by atoms with Crippen LogP contribution in [0.3, 0.4) is 0 Å². The van der Waals surface area contributed by atoms with Crippen molar-refractivity contribution in [3.63, 3.8) is 0 Å². The summed E-state index contributed by atoms with van der Waals surface area (Å²) in [4.78, 5) is 34.3. The van der Waals surface area contributed by atoms with Crippen molar-refractivity contribution < 1.29 is 14.4 Å². The van der Waals surface area contributed by atoms with E-state index in [1.165, 1.54) is 0 Å². The molecule has 0 aliphatic heterocycles. The van der Waals surface area contributed by atoms with Gasteiger partial charge in [0.05, 0.1) is 0 Å². The van der Waals surface area contributed by atoms with Gasteiger partial charge < -0.3 is 21.4 Å². The lowest BCUT2D eigenvalue weighted by Gasteiger charge is -2.13. The molecule has 7 nitrogen and oxygen atoms in total. The SMILES string of the molecule is Cc1c(Br)c2ccccc2n1CC(=O)NC(C(N)=O)C(N)=O. The first-order valence-electron chi connectivity index (χ1n) is 6.44. The average molecular weight is 367 g/mol. The number of amides is 3. The molecule has 0 spiro atoms. The smallest absolute Gasteiger partial charge is 0.249 e. The molecule has 0 radical (unpaired) electrons. The number of aromatic nitrogens is 1. The highest BCUT2D eigenvalue weighted by molar-refractivity contribution is 9.10. The number of fused-ring (bicyclic) bond motifs is 1. The van der Waals surface area contributed by atoms with Crippen LogP contribution in [0, 0.1) is 6.92 Å². The highest BCUT2D eigenvalue weighted by Crippen LogP contribution is 2.30. The number of nitrogens with one attached hydrogen (secondary N) is 1. The predicted octanol–water partition coefficient (Wildman–Crippen LogP) is 0.168. The second-order valence-corrected chi connectivity index (χ2v) is 5.60. The molecule has 0 fully saturated rings. The van der Waals surface area contributed by atoms with Gasteiger partial charge in [-0.1, -0.05) is 18.2 Å². The van der Waals surface area contributed by atoms with Crippen molar-refractivity contribution in [3.05, 3.63) is 34.4 Å². The molecule has 8 heteroatoms. The summed E-state index contributed by atoms with van der Waals surface area (Å²) in [6, 6.07) is 6.04. The fourth-order valence-electron chi connectivity index (χ4n) is 2.23. The summed E-state index contributed by atoms with van der Waals surface area (Å²) >= 11 is 3.49. The number of nitrogens with zero attached hydrogens (tertiary/aromatic N) is 1. The second-order valence-electron chi connectivity index (χ2n) is 4.81. The first-order valence-corrected chi connectivity index (χ1v) is 7.23. The minimum atomic E-state index is -1.52. The highest BCUT2D eigenvalue weighted by atomic mass is 79.9. The molecule has 22 heavy (non-hydrogen) atoms. The Morgan fingerprint density at radius 3 is 2.41 bits per heavy atom. The van der Waals surface area contributed by atoms with E-state index in [-0.39, 0.29) is 6.54 Å². The molecule has 0 atom stereocenters. The van der Waals surface area contributed by atoms with Crippen molar-refractivity contribution in [3.8, 4) is 0 Å². The molecule has 2 aromatic rings. The summed E-state index contributed by atoms with van der Waals surface area (Å²) in [5.74, 6) is -2.51. The molecule has 5 N–H and O–H groups in total. The summed E-state index contributed by atoms with van der Waals surface area (Å²) in [7, 11) is 0. The van der Waals surface area contributed by atoms with Gasteiger partial charge in [0.1, 0.15) is 6.54 Å². The molecule has 0 aliphatic carbocycles. The minimum absolute atomic E-state index is 0.0605. The zero-order valence-corrected chi connectivity index (χ0v) is 13.4. The fraction of sp³-hybridized carbons (Fsp3) is 0.214. The van der Waals surface area contributed by atoms with Crippen molar-refractivity contribution in [2.75, 3.05) is 0 Å². The van der Waals surface area contributed by atoms with Gasteiger partial charge in [0.2, 0.25) is 17.7 Å².